The van der Waals surface area contributed by atoms with Crippen LogP contribution in [0.5, 0.6) is 0 Å². The van der Waals surface area contributed by atoms with Crippen molar-refractivity contribution in [3.05, 3.63) is 63.7 Å². The molecule has 1 heterocycles. The number of thiocarbonyl (C=S) groups is 1. The third kappa shape index (κ3) is 3.19. The number of benzodiazepines with no additional fused rings is 1. The molecule has 0 saturated carbocycles. The van der Waals surface area contributed by atoms with Crippen LogP contribution in [0.3, 0.4) is 0 Å². The van der Waals surface area contributed by atoms with E-state index in [1.165, 1.54) is 0 Å². The predicted molar refractivity (Wildman–Crippen MR) is 94.1 cm³/mol. The Hall–Kier alpha value is -2.06. The summed E-state index contributed by atoms with van der Waals surface area (Å²) in [6.07, 6.45) is -4.75. The van der Waals surface area contributed by atoms with Crippen molar-refractivity contribution in [2.45, 2.75) is 19.1 Å². The molecule has 0 amide bonds. The van der Waals surface area contributed by atoms with Gasteiger partial charge < -0.3 is 5.32 Å². The van der Waals surface area contributed by atoms with Crippen molar-refractivity contribution in [1.29, 1.82) is 0 Å². The minimum atomic E-state index is -4.75. The van der Waals surface area contributed by atoms with Crippen LogP contribution in [0.15, 0.2) is 35.3 Å². The molecule has 2 aromatic carbocycles. The van der Waals surface area contributed by atoms with Gasteiger partial charge in [-0.3, -0.25) is 4.99 Å². The standard InChI is InChI=1S/C17H10ClF5N2S/c1-7-16(26)25-11-6-5-8(17(21,22)23)14(18)13(11)15(24-7)12-9(19)3-2-4-10(12)20/h2-7H,1H3,(H,25,26)/t7-/m0/s1. The van der Waals surface area contributed by atoms with E-state index in [4.69, 9.17) is 23.8 Å². The molecule has 2 aromatic rings. The predicted octanol–water partition coefficient (Wildman–Crippen LogP) is 5.62. The number of nitrogens with one attached hydrogen (secondary N) is 1. The minimum Gasteiger partial charge on any atom is -0.348 e. The molecule has 0 fully saturated rings. The first-order valence-electron chi connectivity index (χ1n) is 7.34. The molecule has 9 heteroatoms. The Labute approximate surface area is 155 Å². The second-order valence-electron chi connectivity index (χ2n) is 5.59. The number of hydrogen-bond acceptors (Lipinski definition) is 2. The van der Waals surface area contributed by atoms with Gasteiger partial charge in [0.15, 0.2) is 0 Å². The molecule has 1 aliphatic heterocycles. The molecule has 1 N–H and O–H groups in total. The summed E-state index contributed by atoms with van der Waals surface area (Å²) in [6, 6.07) is 4.29. The quantitative estimate of drug-likeness (QED) is 0.493. The van der Waals surface area contributed by atoms with Crippen LogP contribution < -0.4 is 5.32 Å². The first-order chi connectivity index (χ1) is 12.1. The number of fused-ring (bicyclic) bond motifs is 1. The Morgan fingerprint density at radius 3 is 2.27 bits per heavy atom. The van der Waals surface area contributed by atoms with E-state index in [2.05, 4.69) is 10.3 Å². The summed E-state index contributed by atoms with van der Waals surface area (Å²) >= 11 is 11.1. The highest BCUT2D eigenvalue weighted by atomic mass is 35.5. The van der Waals surface area contributed by atoms with Crippen LogP contribution in [0.25, 0.3) is 0 Å². The molecule has 0 aromatic heterocycles. The summed E-state index contributed by atoms with van der Waals surface area (Å²) < 4.78 is 68.4. The summed E-state index contributed by atoms with van der Waals surface area (Å²) in [5.74, 6) is -1.94. The maximum Gasteiger partial charge on any atom is 0.417 e. The average Bonchev–Trinajstić information content (AvgIpc) is 2.64. The molecule has 2 nitrogen and oxygen atoms in total. The first kappa shape index (κ1) is 18.7. The highest BCUT2D eigenvalue weighted by molar-refractivity contribution is 7.80. The van der Waals surface area contributed by atoms with Crippen LogP contribution in [0.4, 0.5) is 27.6 Å². The number of benzene rings is 2. The largest absolute Gasteiger partial charge is 0.417 e. The zero-order chi connectivity index (χ0) is 19.2. The second-order valence-corrected chi connectivity index (χ2v) is 6.40. The molecular weight excluding hydrogens is 395 g/mol. The van der Waals surface area contributed by atoms with Gasteiger partial charge in [0, 0.05) is 11.3 Å². The van der Waals surface area contributed by atoms with E-state index >= 15 is 0 Å². The Bertz CT molecular complexity index is 919. The van der Waals surface area contributed by atoms with E-state index in [0.29, 0.717) is 0 Å². The molecule has 0 unspecified atom stereocenters. The monoisotopic (exact) mass is 404 g/mol. The van der Waals surface area contributed by atoms with Crippen molar-refractivity contribution in [1.82, 2.24) is 0 Å². The fourth-order valence-electron chi connectivity index (χ4n) is 2.60. The van der Waals surface area contributed by atoms with Crippen LogP contribution in [0.2, 0.25) is 5.02 Å². The maximum atomic E-state index is 14.3. The van der Waals surface area contributed by atoms with E-state index in [1.54, 1.807) is 6.92 Å². The van der Waals surface area contributed by atoms with Gasteiger partial charge in [-0.05, 0) is 31.2 Å². The highest BCUT2D eigenvalue weighted by Crippen LogP contribution is 2.41. The van der Waals surface area contributed by atoms with E-state index < -0.39 is 40.0 Å². The summed E-state index contributed by atoms with van der Waals surface area (Å²) in [5.41, 5.74) is -2.18. The summed E-state index contributed by atoms with van der Waals surface area (Å²) in [4.78, 5) is 4.34. The fraction of sp³-hybridized carbons (Fsp3) is 0.176. The van der Waals surface area contributed by atoms with Crippen molar-refractivity contribution < 1.29 is 22.0 Å². The van der Waals surface area contributed by atoms with Gasteiger partial charge in [-0.15, -0.1) is 0 Å². The van der Waals surface area contributed by atoms with Gasteiger partial charge in [0.05, 0.1) is 27.9 Å². The first-order valence-corrected chi connectivity index (χ1v) is 8.13. The third-order valence-corrected chi connectivity index (χ3v) is 4.68. The lowest BCUT2D eigenvalue weighted by Gasteiger charge is -2.17. The molecule has 1 atom stereocenters. The van der Waals surface area contributed by atoms with Gasteiger partial charge >= 0.3 is 6.18 Å². The van der Waals surface area contributed by atoms with Crippen LogP contribution >= 0.6 is 23.8 Å². The van der Waals surface area contributed by atoms with E-state index in [0.717, 1.165) is 30.3 Å². The van der Waals surface area contributed by atoms with Gasteiger partial charge in [-0.1, -0.05) is 29.9 Å². The lowest BCUT2D eigenvalue weighted by atomic mass is 9.97. The molecule has 136 valence electrons. The van der Waals surface area contributed by atoms with Crippen LogP contribution in [0.1, 0.15) is 23.6 Å². The fourth-order valence-corrected chi connectivity index (χ4v) is 3.12. The van der Waals surface area contributed by atoms with Crippen molar-refractivity contribution in [3.63, 3.8) is 0 Å². The third-order valence-electron chi connectivity index (χ3n) is 3.84. The van der Waals surface area contributed by atoms with Gasteiger partial charge in [0.25, 0.3) is 0 Å². The second kappa shape index (κ2) is 6.59. The molecule has 26 heavy (non-hydrogen) atoms. The molecular formula is C17H10ClF5N2S. The van der Waals surface area contributed by atoms with Gasteiger partial charge in [0.1, 0.15) is 16.6 Å². The molecule has 0 spiro atoms. The number of rotatable bonds is 1. The Morgan fingerprint density at radius 2 is 1.69 bits per heavy atom. The summed E-state index contributed by atoms with van der Waals surface area (Å²) in [5, 5.41) is 2.04. The van der Waals surface area contributed by atoms with Crippen LogP contribution in [-0.4, -0.2) is 16.7 Å². The molecule has 1 aliphatic rings. The molecule has 0 saturated heterocycles. The Kier molecular flexibility index (Phi) is 4.74. The number of halogens is 6. The number of anilines is 1. The number of hydrogen-bond donors (Lipinski definition) is 1. The van der Waals surface area contributed by atoms with Crippen molar-refractivity contribution in [2.75, 3.05) is 5.32 Å². The highest BCUT2D eigenvalue weighted by Gasteiger charge is 2.37. The maximum absolute atomic E-state index is 14.3. The van der Waals surface area contributed by atoms with E-state index in [1.807, 2.05) is 0 Å². The topological polar surface area (TPSA) is 24.4 Å². The zero-order valence-corrected chi connectivity index (χ0v) is 14.7. The molecule has 3 rings (SSSR count). The SMILES string of the molecule is C[C@@H]1N=C(c2c(F)cccc2F)c2c(ccc(C(F)(F)F)c2Cl)NC1=S. The zero-order valence-electron chi connectivity index (χ0n) is 13.1. The van der Waals surface area contributed by atoms with E-state index in [9.17, 15) is 22.0 Å². The summed E-state index contributed by atoms with van der Waals surface area (Å²) in [7, 11) is 0. The number of nitrogens with zero attached hydrogens (tertiary/aromatic N) is 1. The minimum absolute atomic E-state index is 0.0961. The molecule has 0 bridgehead atoms. The molecule has 0 radical (unpaired) electrons. The normalized spacial score (nSPS) is 17.3. The van der Waals surface area contributed by atoms with Crippen molar-refractivity contribution >= 4 is 40.2 Å². The number of aliphatic imine (C=N–C) groups is 1. The number of alkyl halides is 3. The smallest absolute Gasteiger partial charge is 0.348 e. The van der Waals surface area contributed by atoms with Crippen molar-refractivity contribution in [3.8, 4) is 0 Å². The lowest BCUT2D eigenvalue weighted by molar-refractivity contribution is -0.137. The van der Waals surface area contributed by atoms with Gasteiger partial charge in [-0.2, -0.15) is 13.2 Å². The van der Waals surface area contributed by atoms with Crippen LogP contribution in [-0.2, 0) is 6.18 Å². The Balaban J connectivity index is 2.39. The van der Waals surface area contributed by atoms with Crippen molar-refractivity contribution in [2.24, 2.45) is 4.99 Å². The lowest BCUT2D eigenvalue weighted by Crippen LogP contribution is -2.20. The molecule has 0 aliphatic carbocycles. The van der Waals surface area contributed by atoms with Crippen LogP contribution in [0, 0.1) is 11.6 Å². The summed E-state index contributed by atoms with van der Waals surface area (Å²) in [6.45, 7) is 1.55. The van der Waals surface area contributed by atoms with E-state index in [-0.39, 0.29) is 22.0 Å². The van der Waals surface area contributed by atoms with Gasteiger partial charge in [0.2, 0.25) is 0 Å². The van der Waals surface area contributed by atoms with Gasteiger partial charge in [-0.25, -0.2) is 8.78 Å². The Morgan fingerprint density at radius 1 is 1.08 bits per heavy atom. The average molecular weight is 405 g/mol.